The number of hydrogen-bond donors (Lipinski definition) is 1. The van der Waals surface area contributed by atoms with E-state index in [0.29, 0.717) is 35.5 Å². The average Bonchev–Trinajstić information content (AvgIpc) is 2.95. The van der Waals surface area contributed by atoms with Gasteiger partial charge in [0, 0.05) is 16.7 Å². The number of benzene rings is 4. The Morgan fingerprint density at radius 3 is 2.16 bits per heavy atom. The van der Waals surface area contributed by atoms with E-state index in [1.165, 1.54) is 0 Å². The lowest BCUT2D eigenvalue weighted by molar-refractivity contribution is 0.184. The Bertz CT molecular complexity index is 1600. The molecule has 1 unspecified atom stereocenters. The number of aromatic nitrogens is 2. The molecule has 2 amide bonds. The quantitative estimate of drug-likeness (QED) is 0.230. The molecule has 1 atom stereocenters. The predicted octanol–water partition coefficient (Wildman–Crippen LogP) is 7.00. The zero-order valence-electron chi connectivity index (χ0n) is 20.9. The highest BCUT2D eigenvalue weighted by Crippen LogP contribution is 2.25. The first-order chi connectivity index (χ1) is 18.5. The maximum atomic E-state index is 13.7. The smallest absolute Gasteiger partial charge is 0.310 e. The molecule has 0 saturated heterocycles. The summed E-state index contributed by atoms with van der Waals surface area (Å²) in [6.07, 6.45) is 0. The zero-order chi connectivity index (χ0) is 26.5. The minimum atomic E-state index is -0.508. The van der Waals surface area contributed by atoms with E-state index in [9.17, 15) is 9.59 Å². The van der Waals surface area contributed by atoms with Crippen LogP contribution in [-0.2, 0) is 13.1 Å². The van der Waals surface area contributed by atoms with Gasteiger partial charge in [-0.1, -0.05) is 88.7 Å². The summed E-state index contributed by atoms with van der Waals surface area (Å²) in [6.45, 7) is 2.62. The molecular formula is C31H27BrN4O2. The van der Waals surface area contributed by atoms with Gasteiger partial charge in [0.05, 0.1) is 23.5 Å². The van der Waals surface area contributed by atoms with Crippen LogP contribution in [0.25, 0.3) is 10.9 Å². The maximum absolute atomic E-state index is 13.7. The van der Waals surface area contributed by atoms with Crippen molar-refractivity contribution in [3.8, 4) is 0 Å². The second kappa shape index (κ2) is 11.4. The van der Waals surface area contributed by atoms with Gasteiger partial charge in [0.25, 0.3) is 5.56 Å². The number of anilines is 1. The third-order valence-corrected chi connectivity index (χ3v) is 7.00. The highest BCUT2D eigenvalue weighted by Gasteiger charge is 2.27. The fourth-order valence-electron chi connectivity index (χ4n) is 4.46. The first kappa shape index (κ1) is 25.4. The summed E-state index contributed by atoms with van der Waals surface area (Å²) in [6, 6.07) is 33.6. The molecule has 5 aromatic rings. The molecule has 1 aromatic heterocycles. The molecule has 0 aliphatic heterocycles. The van der Waals surface area contributed by atoms with E-state index >= 15 is 0 Å². The van der Waals surface area contributed by atoms with Crippen molar-refractivity contribution in [2.24, 2.45) is 0 Å². The molecule has 1 heterocycles. The number of para-hydroxylation sites is 1. The lowest BCUT2D eigenvalue weighted by Crippen LogP contribution is -2.39. The fourth-order valence-corrected chi connectivity index (χ4v) is 4.72. The molecule has 190 valence electrons. The van der Waals surface area contributed by atoms with E-state index in [1.54, 1.807) is 15.5 Å². The Morgan fingerprint density at radius 1 is 0.868 bits per heavy atom. The molecule has 7 heteroatoms. The van der Waals surface area contributed by atoms with E-state index in [1.807, 2.05) is 110 Å². The summed E-state index contributed by atoms with van der Waals surface area (Å²) in [5.41, 5.74) is 3.11. The molecule has 0 aliphatic carbocycles. The predicted molar refractivity (Wildman–Crippen MR) is 155 cm³/mol. The van der Waals surface area contributed by atoms with E-state index in [4.69, 9.17) is 4.98 Å². The number of nitrogens with one attached hydrogen (secondary N) is 1. The van der Waals surface area contributed by atoms with Crippen molar-refractivity contribution in [1.29, 1.82) is 0 Å². The molecule has 0 saturated carbocycles. The van der Waals surface area contributed by atoms with Gasteiger partial charge in [0.2, 0.25) is 0 Å². The molecule has 38 heavy (non-hydrogen) atoms. The Hall–Kier alpha value is -4.23. The molecule has 0 radical (unpaired) electrons. The van der Waals surface area contributed by atoms with Crippen molar-refractivity contribution >= 4 is 38.6 Å². The highest BCUT2D eigenvalue weighted by atomic mass is 79.9. The summed E-state index contributed by atoms with van der Waals surface area (Å²) in [5.74, 6) is 0.527. The van der Waals surface area contributed by atoms with Crippen LogP contribution < -0.4 is 10.9 Å². The van der Waals surface area contributed by atoms with Gasteiger partial charge in [-0.25, -0.2) is 9.78 Å². The fraction of sp³-hybridized carbons (Fsp3) is 0.129. The number of carbonyl (C=O) groups is 1. The van der Waals surface area contributed by atoms with Crippen molar-refractivity contribution < 1.29 is 4.79 Å². The van der Waals surface area contributed by atoms with Gasteiger partial charge in [0.1, 0.15) is 5.82 Å². The van der Waals surface area contributed by atoms with E-state index in [0.717, 1.165) is 15.6 Å². The number of rotatable bonds is 7. The van der Waals surface area contributed by atoms with Crippen molar-refractivity contribution in [2.75, 3.05) is 5.32 Å². The highest BCUT2D eigenvalue weighted by molar-refractivity contribution is 9.10. The molecule has 1 N–H and O–H groups in total. The summed E-state index contributed by atoms with van der Waals surface area (Å²) in [4.78, 5) is 34.1. The molecule has 4 aromatic carbocycles. The van der Waals surface area contributed by atoms with E-state index < -0.39 is 6.04 Å². The Balaban J connectivity index is 1.59. The van der Waals surface area contributed by atoms with Crippen LogP contribution in [0, 0.1) is 0 Å². The molecule has 0 aliphatic rings. The Kier molecular flexibility index (Phi) is 7.65. The Labute approximate surface area is 229 Å². The monoisotopic (exact) mass is 566 g/mol. The summed E-state index contributed by atoms with van der Waals surface area (Å²) in [7, 11) is 0. The minimum absolute atomic E-state index is 0.130. The number of halogens is 1. The molecular weight excluding hydrogens is 540 g/mol. The SMILES string of the molecule is CC(c1nc2ccccc2c(=O)n1Cc1ccccc1)N(Cc1ccccc1)C(=O)Nc1ccc(Br)cc1. The molecule has 0 bridgehead atoms. The van der Waals surface area contributed by atoms with E-state index in [2.05, 4.69) is 21.2 Å². The van der Waals surface area contributed by atoms with Crippen LogP contribution >= 0.6 is 15.9 Å². The van der Waals surface area contributed by atoms with Crippen LogP contribution in [0.15, 0.2) is 118 Å². The largest absolute Gasteiger partial charge is 0.322 e. The first-order valence-electron chi connectivity index (χ1n) is 12.4. The van der Waals surface area contributed by atoms with Crippen LogP contribution in [0.1, 0.15) is 29.9 Å². The number of amides is 2. The third-order valence-electron chi connectivity index (χ3n) is 6.47. The normalized spacial score (nSPS) is 11.7. The van der Waals surface area contributed by atoms with Gasteiger partial charge < -0.3 is 10.2 Å². The zero-order valence-corrected chi connectivity index (χ0v) is 22.5. The van der Waals surface area contributed by atoms with Crippen molar-refractivity contribution in [3.63, 3.8) is 0 Å². The number of urea groups is 1. The standard InChI is InChI=1S/C31H27BrN4O2/c1-22(35(20-23-10-4-2-5-11-23)31(38)33-26-18-16-25(32)17-19-26)29-34-28-15-9-8-14-27(28)30(37)36(29)21-24-12-6-3-7-13-24/h2-19,22H,20-21H2,1H3,(H,33,38). The van der Waals surface area contributed by atoms with Crippen LogP contribution in [0.3, 0.4) is 0 Å². The Morgan fingerprint density at radius 2 is 1.47 bits per heavy atom. The number of nitrogens with zero attached hydrogens (tertiary/aromatic N) is 3. The number of fused-ring (bicyclic) bond motifs is 1. The van der Waals surface area contributed by atoms with Crippen LogP contribution in [0.2, 0.25) is 0 Å². The average molecular weight is 567 g/mol. The van der Waals surface area contributed by atoms with Gasteiger partial charge >= 0.3 is 6.03 Å². The summed E-state index contributed by atoms with van der Waals surface area (Å²) in [5, 5.41) is 3.56. The van der Waals surface area contributed by atoms with Gasteiger partial charge in [-0.2, -0.15) is 0 Å². The van der Waals surface area contributed by atoms with Crippen LogP contribution in [0.4, 0.5) is 10.5 Å². The van der Waals surface area contributed by atoms with Crippen LogP contribution in [0.5, 0.6) is 0 Å². The van der Waals surface area contributed by atoms with Gasteiger partial charge in [-0.05, 0) is 54.4 Å². The molecule has 0 spiro atoms. The van der Waals surface area contributed by atoms with Gasteiger partial charge in [-0.3, -0.25) is 9.36 Å². The minimum Gasteiger partial charge on any atom is -0.310 e. The molecule has 6 nitrogen and oxygen atoms in total. The first-order valence-corrected chi connectivity index (χ1v) is 13.2. The van der Waals surface area contributed by atoms with Gasteiger partial charge in [0.15, 0.2) is 0 Å². The van der Waals surface area contributed by atoms with Crippen molar-refractivity contribution in [2.45, 2.75) is 26.1 Å². The lowest BCUT2D eigenvalue weighted by Gasteiger charge is -2.31. The van der Waals surface area contributed by atoms with Gasteiger partial charge in [-0.15, -0.1) is 0 Å². The third kappa shape index (κ3) is 5.68. The molecule has 0 fully saturated rings. The second-order valence-corrected chi connectivity index (χ2v) is 10.0. The maximum Gasteiger partial charge on any atom is 0.322 e. The second-order valence-electron chi connectivity index (χ2n) is 9.09. The molecule has 5 rings (SSSR count). The number of hydrogen-bond acceptors (Lipinski definition) is 3. The topological polar surface area (TPSA) is 67.2 Å². The number of carbonyl (C=O) groups excluding carboxylic acids is 1. The van der Waals surface area contributed by atoms with E-state index in [-0.39, 0.29) is 11.6 Å². The van der Waals surface area contributed by atoms with Crippen molar-refractivity contribution in [1.82, 2.24) is 14.5 Å². The van der Waals surface area contributed by atoms with Crippen molar-refractivity contribution in [3.05, 3.63) is 141 Å². The van der Waals surface area contributed by atoms with Crippen LogP contribution in [-0.4, -0.2) is 20.5 Å². The lowest BCUT2D eigenvalue weighted by atomic mass is 10.1. The summed E-state index contributed by atoms with van der Waals surface area (Å²) >= 11 is 3.44. The summed E-state index contributed by atoms with van der Waals surface area (Å²) < 4.78 is 2.61.